The number of carbonyl (C=O) groups is 2. The van der Waals surface area contributed by atoms with Crippen molar-refractivity contribution in [2.24, 2.45) is 5.92 Å². The van der Waals surface area contributed by atoms with Crippen molar-refractivity contribution in [2.75, 3.05) is 18.9 Å². The standard InChI is InChI=1S/C16H29N5O3S/c1-6-24-16(23)19-13(7-11(2)3)8-17-14(22)9-25-15-20-18-10-21(15)12(4)5/h10-13H,6-9H2,1-5H3,(H,17,22)(H,19,23). The minimum atomic E-state index is -0.457. The van der Waals surface area contributed by atoms with Gasteiger partial charge in [-0.05, 0) is 33.1 Å². The molecule has 0 saturated heterocycles. The maximum absolute atomic E-state index is 12.1. The summed E-state index contributed by atoms with van der Waals surface area (Å²) >= 11 is 1.34. The van der Waals surface area contributed by atoms with Gasteiger partial charge in [-0.25, -0.2) is 4.79 Å². The molecule has 1 aromatic rings. The van der Waals surface area contributed by atoms with E-state index < -0.39 is 6.09 Å². The van der Waals surface area contributed by atoms with Crippen LogP contribution in [0, 0.1) is 5.92 Å². The minimum absolute atomic E-state index is 0.109. The van der Waals surface area contributed by atoms with Crippen molar-refractivity contribution < 1.29 is 14.3 Å². The van der Waals surface area contributed by atoms with Gasteiger partial charge in [0.1, 0.15) is 6.33 Å². The molecule has 8 nitrogen and oxygen atoms in total. The predicted molar refractivity (Wildman–Crippen MR) is 97.5 cm³/mol. The molecule has 1 aromatic heterocycles. The second-order valence-corrected chi connectivity index (χ2v) is 7.34. The Labute approximate surface area is 153 Å². The van der Waals surface area contributed by atoms with E-state index in [9.17, 15) is 9.59 Å². The summed E-state index contributed by atoms with van der Waals surface area (Å²) in [7, 11) is 0. The predicted octanol–water partition coefficient (Wildman–Crippen LogP) is 2.23. The Hall–Kier alpha value is -1.77. The van der Waals surface area contributed by atoms with Crippen LogP contribution < -0.4 is 10.6 Å². The van der Waals surface area contributed by atoms with Gasteiger partial charge >= 0.3 is 6.09 Å². The first kappa shape index (κ1) is 21.3. The molecule has 2 amide bonds. The highest BCUT2D eigenvalue weighted by Gasteiger charge is 2.16. The molecule has 0 bridgehead atoms. The normalized spacial score (nSPS) is 12.3. The van der Waals surface area contributed by atoms with Crippen LogP contribution in [-0.4, -0.2) is 51.7 Å². The summed E-state index contributed by atoms with van der Waals surface area (Å²) in [6.45, 7) is 10.6. The highest BCUT2D eigenvalue weighted by atomic mass is 32.2. The number of amides is 2. The number of hydrogen-bond donors (Lipinski definition) is 2. The molecule has 1 atom stereocenters. The molecule has 142 valence electrons. The van der Waals surface area contributed by atoms with Gasteiger partial charge in [-0.1, -0.05) is 25.6 Å². The highest BCUT2D eigenvalue weighted by Crippen LogP contribution is 2.18. The van der Waals surface area contributed by atoms with E-state index >= 15 is 0 Å². The summed E-state index contributed by atoms with van der Waals surface area (Å²) in [5.74, 6) is 0.532. The summed E-state index contributed by atoms with van der Waals surface area (Å²) in [5, 5.41) is 14.3. The van der Waals surface area contributed by atoms with E-state index in [4.69, 9.17) is 4.74 Å². The first-order valence-corrected chi connectivity index (χ1v) is 9.54. The summed E-state index contributed by atoms with van der Waals surface area (Å²) in [6, 6.07) is 0.0806. The zero-order chi connectivity index (χ0) is 18.8. The van der Waals surface area contributed by atoms with Gasteiger partial charge in [0.05, 0.1) is 12.4 Å². The Morgan fingerprint density at radius 2 is 2.04 bits per heavy atom. The molecule has 1 rings (SSSR count). The molecule has 9 heteroatoms. The summed E-state index contributed by atoms with van der Waals surface area (Å²) < 4.78 is 6.83. The lowest BCUT2D eigenvalue weighted by Gasteiger charge is -2.20. The average molecular weight is 372 g/mol. The molecule has 0 aromatic carbocycles. The van der Waals surface area contributed by atoms with Crippen LogP contribution in [0.4, 0.5) is 4.79 Å². The van der Waals surface area contributed by atoms with Crippen molar-refractivity contribution in [2.45, 2.75) is 58.3 Å². The molecule has 0 aliphatic carbocycles. The van der Waals surface area contributed by atoms with Crippen LogP contribution in [0.1, 0.15) is 47.1 Å². The number of aromatic nitrogens is 3. The third-order valence-corrected chi connectivity index (χ3v) is 4.29. The lowest BCUT2D eigenvalue weighted by molar-refractivity contribution is -0.118. The fourth-order valence-corrected chi connectivity index (χ4v) is 3.08. The number of hydrogen-bond acceptors (Lipinski definition) is 6. The Balaban J connectivity index is 2.45. The maximum atomic E-state index is 12.1. The van der Waals surface area contributed by atoms with Gasteiger partial charge in [-0.2, -0.15) is 0 Å². The molecule has 0 fully saturated rings. The van der Waals surface area contributed by atoms with Gasteiger partial charge < -0.3 is 19.9 Å². The molecule has 1 heterocycles. The van der Waals surface area contributed by atoms with E-state index in [0.29, 0.717) is 24.2 Å². The van der Waals surface area contributed by atoms with Gasteiger partial charge in [0.25, 0.3) is 0 Å². The maximum Gasteiger partial charge on any atom is 0.407 e. The zero-order valence-electron chi connectivity index (χ0n) is 15.6. The molecule has 0 aliphatic heterocycles. The lowest BCUT2D eigenvalue weighted by Crippen LogP contribution is -2.45. The van der Waals surface area contributed by atoms with Crippen LogP contribution in [-0.2, 0) is 9.53 Å². The third-order valence-electron chi connectivity index (χ3n) is 3.33. The quantitative estimate of drug-likeness (QED) is 0.612. The monoisotopic (exact) mass is 371 g/mol. The Bertz CT molecular complexity index is 548. The molecule has 0 radical (unpaired) electrons. The molecule has 25 heavy (non-hydrogen) atoms. The first-order valence-electron chi connectivity index (χ1n) is 8.55. The van der Waals surface area contributed by atoms with Crippen LogP contribution in [0.2, 0.25) is 0 Å². The van der Waals surface area contributed by atoms with Crippen molar-refractivity contribution in [1.82, 2.24) is 25.4 Å². The van der Waals surface area contributed by atoms with E-state index in [-0.39, 0.29) is 23.7 Å². The fraction of sp³-hybridized carbons (Fsp3) is 0.750. The molecule has 0 spiro atoms. The topological polar surface area (TPSA) is 98.1 Å². The summed E-state index contributed by atoms with van der Waals surface area (Å²) in [4.78, 5) is 23.7. The SMILES string of the molecule is CCOC(=O)NC(CNC(=O)CSc1nncn1C(C)C)CC(C)C. The van der Waals surface area contributed by atoms with E-state index in [0.717, 1.165) is 6.42 Å². The smallest absolute Gasteiger partial charge is 0.407 e. The summed E-state index contributed by atoms with van der Waals surface area (Å²) in [5.41, 5.74) is 0. The zero-order valence-corrected chi connectivity index (χ0v) is 16.4. The fourth-order valence-electron chi connectivity index (χ4n) is 2.21. The Kier molecular flexibility index (Phi) is 9.33. The molecule has 0 aliphatic rings. The molecule has 1 unspecified atom stereocenters. The van der Waals surface area contributed by atoms with Crippen LogP contribution in [0.25, 0.3) is 0 Å². The van der Waals surface area contributed by atoms with Gasteiger partial charge in [0, 0.05) is 18.6 Å². The number of nitrogens with one attached hydrogen (secondary N) is 2. The minimum Gasteiger partial charge on any atom is -0.450 e. The number of thioether (sulfide) groups is 1. The largest absolute Gasteiger partial charge is 0.450 e. The van der Waals surface area contributed by atoms with Crippen molar-refractivity contribution in [3.05, 3.63) is 6.33 Å². The average Bonchev–Trinajstić information content (AvgIpc) is 2.99. The number of alkyl carbamates (subject to hydrolysis) is 1. The second-order valence-electron chi connectivity index (χ2n) is 6.40. The van der Waals surface area contributed by atoms with Crippen LogP contribution in [0.5, 0.6) is 0 Å². The summed E-state index contributed by atoms with van der Waals surface area (Å²) in [6.07, 6.45) is 1.96. The highest BCUT2D eigenvalue weighted by molar-refractivity contribution is 7.99. The first-order chi connectivity index (χ1) is 11.8. The number of carbonyl (C=O) groups excluding carboxylic acids is 2. The van der Waals surface area contributed by atoms with Crippen LogP contribution >= 0.6 is 11.8 Å². The third kappa shape index (κ3) is 8.24. The van der Waals surface area contributed by atoms with Crippen molar-refractivity contribution in [3.8, 4) is 0 Å². The number of rotatable bonds is 10. The molecular formula is C16H29N5O3S. The van der Waals surface area contributed by atoms with Crippen molar-refractivity contribution in [3.63, 3.8) is 0 Å². The Morgan fingerprint density at radius 3 is 2.64 bits per heavy atom. The van der Waals surface area contributed by atoms with Gasteiger partial charge in [-0.15, -0.1) is 10.2 Å². The lowest BCUT2D eigenvalue weighted by atomic mass is 10.0. The van der Waals surface area contributed by atoms with Crippen LogP contribution in [0.3, 0.4) is 0 Å². The van der Waals surface area contributed by atoms with E-state index in [1.807, 2.05) is 18.4 Å². The van der Waals surface area contributed by atoms with Crippen molar-refractivity contribution >= 4 is 23.8 Å². The van der Waals surface area contributed by atoms with Gasteiger partial charge in [0.15, 0.2) is 5.16 Å². The van der Waals surface area contributed by atoms with Gasteiger partial charge in [-0.3, -0.25) is 4.79 Å². The van der Waals surface area contributed by atoms with Gasteiger partial charge in [0.2, 0.25) is 5.91 Å². The van der Waals surface area contributed by atoms with E-state index in [1.165, 1.54) is 11.8 Å². The second kappa shape index (κ2) is 11.0. The van der Waals surface area contributed by atoms with Crippen LogP contribution in [0.15, 0.2) is 11.5 Å². The molecule has 0 saturated carbocycles. The van der Waals surface area contributed by atoms with E-state index in [2.05, 4.69) is 34.7 Å². The van der Waals surface area contributed by atoms with Crippen molar-refractivity contribution in [1.29, 1.82) is 0 Å². The number of nitrogens with zero attached hydrogens (tertiary/aromatic N) is 3. The molecular weight excluding hydrogens is 342 g/mol. The Morgan fingerprint density at radius 1 is 1.32 bits per heavy atom. The number of ether oxygens (including phenoxy) is 1. The van der Waals surface area contributed by atoms with E-state index in [1.54, 1.807) is 13.3 Å². The molecule has 2 N–H and O–H groups in total.